The monoisotopic (exact) mass is 562 g/mol. The maximum absolute atomic E-state index is 12.1. The first kappa shape index (κ1) is 26.9. The number of nitrogens with zero attached hydrogens (tertiary/aromatic N) is 4. The number of H-pyrrole nitrogens is 1. The Bertz CT molecular complexity index is 1720. The molecule has 0 aliphatic carbocycles. The molecule has 0 saturated heterocycles. The minimum atomic E-state index is -0.294. The molecule has 6 rings (SSSR count). The van der Waals surface area contributed by atoms with E-state index >= 15 is 0 Å². The normalized spacial score (nSPS) is 20.2. The highest BCUT2D eigenvalue weighted by Gasteiger charge is 2.27. The van der Waals surface area contributed by atoms with E-state index in [0.29, 0.717) is 12.8 Å². The van der Waals surface area contributed by atoms with Gasteiger partial charge in [-0.3, -0.25) is 9.59 Å². The highest BCUT2D eigenvalue weighted by atomic mass is 16.5. The molecule has 0 aromatic carbocycles. The molecule has 0 spiro atoms. The minimum Gasteiger partial charge on any atom is -0.469 e. The predicted molar refractivity (Wildman–Crippen MR) is 162 cm³/mol. The summed E-state index contributed by atoms with van der Waals surface area (Å²) >= 11 is 0. The largest absolute Gasteiger partial charge is 0.469 e. The van der Waals surface area contributed by atoms with Crippen LogP contribution in [0.25, 0.3) is 11.6 Å². The fraction of sp³-hybridized carbons (Fsp3) is 0.219. The first-order valence-electron chi connectivity index (χ1n) is 13.7. The van der Waals surface area contributed by atoms with Crippen molar-refractivity contribution in [1.29, 1.82) is 0 Å². The topological polar surface area (TPSA) is 121 Å². The van der Waals surface area contributed by atoms with E-state index in [4.69, 9.17) is 24.5 Å². The first-order valence-corrected chi connectivity index (χ1v) is 13.7. The Labute approximate surface area is 243 Å². The van der Waals surface area contributed by atoms with Crippen molar-refractivity contribution in [1.82, 2.24) is 15.2 Å². The number of allylic oxidation sites excluding steroid dienone is 9. The van der Waals surface area contributed by atoms with Crippen LogP contribution in [0.4, 0.5) is 0 Å². The third-order valence-corrected chi connectivity index (χ3v) is 7.44. The number of hydrogen-bond acceptors (Lipinski definition) is 9. The number of esters is 2. The van der Waals surface area contributed by atoms with Gasteiger partial charge in [-0.05, 0) is 67.5 Å². The number of rotatable bonds is 6. The van der Waals surface area contributed by atoms with E-state index in [1.54, 1.807) is 0 Å². The molecule has 0 unspecified atom stereocenters. The summed E-state index contributed by atoms with van der Waals surface area (Å²) in [6.45, 7) is 0. The minimum absolute atomic E-state index is 0.208. The van der Waals surface area contributed by atoms with Crippen LogP contribution >= 0.6 is 0 Å². The Morgan fingerprint density at radius 3 is 2.10 bits per heavy atom. The lowest BCUT2D eigenvalue weighted by Gasteiger charge is -2.17. The Balaban J connectivity index is 1.55. The molecule has 0 atom stereocenters. The summed E-state index contributed by atoms with van der Waals surface area (Å²) in [5, 5.41) is 3.33. The van der Waals surface area contributed by atoms with Crippen LogP contribution in [-0.2, 0) is 19.1 Å². The molecular formula is C32H30N6O4. The lowest BCUT2D eigenvalue weighted by Crippen LogP contribution is -2.23. The molecule has 0 fully saturated rings. The molecule has 42 heavy (non-hydrogen) atoms. The van der Waals surface area contributed by atoms with Gasteiger partial charge in [-0.25, -0.2) is 15.0 Å². The maximum Gasteiger partial charge on any atom is 0.305 e. The van der Waals surface area contributed by atoms with Crippen LogP contribution in [0.1, 0.15) is 37.1 Å². The van der Waals surface area contributed by atoms with Crippen molar-refractivity contribution in [2.75, 3.05) is 21.3 Å². The maximum atomic E-state index is 12.1. The molecule has 8 bridgehead atoms. The van der Waals surface area contributed by atoms with Gasteiger partial charge in [0, 0.05) is 54.8 Å². The quantitative estimate of drug-likeness (QED) is 0.493. The zero-order valence-corrected chi connectivity index (χ0v) is 23.6. The van der Waals surface area contributed by atoms with Crippen LogP contribution in [0, 0.1) is 0 Å². The second-order valence-corrected chi connectivity index (χ2v) is 10.1. The number of carbonyl (C=O) groups is 2. The van der Waals surface area contributed by atoms with Crippen molar-refractivity contribution in [2.45, 2.75) is 25.7 Å². The second-order valence-electron chi connectivity index (χ2n) is 10.1. The molecule has 10 heteroatoms. The molecule has 6 heterocycles. The van der Waals surface area contributed by atoms with E-state index in [0.717, 1.165) is 68.2 Å². The Hall–Kier alpha value is -5.25. The molecule has 0 radical (unpaired) electrons. The number of ether oxygens (including phenoxy) is 2. The molecule has 1 aromatic heterocycles. The smallest absolute Gasteiger partial charge is 0.305 e. The summed E-state index contributed by atoms with van der Waals surface area (Å²) in [4.78, 5) is 44.6. The van der Waals surface area contributed by atoms with Gasteiger partial charge in [0.05, 0.1) is 54.0 Å². The predicted octanol–water partition coefficient (Wildman–Crippen LogP) is 4.49. The van der Waals surface area contributed by atoms with Crippen molar-refractivity contribution in [3.63, 3.8) is 0 Å². The summed E-state index contributed by atoms with van der Waals surface area (Å²) in [5.74, 6) is 0.256. The average Bonchev–Trinajstić information content (AvgIpc) is 3.83. The molecule has 0 amide bonds. The first-order chi connectivity index (χ1) is 20.4. The number of fused-ring (bicyclic) bond motifs is 5. The highest BCUT2D eigenvalue weighted by Crippen LogP contribution is 2.33. The van der Waals surface area contributed by atoms with Crippen LogP contribution in [0.2, 0.25) is 0 Å². The lowest BCUT2D eigenvalue weighted by atomic mass is 10.0. The summed E-state index contributed by atoms with van der Waals surface area (Å²) in [5.41, 5.74) is 8.77. The number of nitrogens with one attached hydrogen (secondary N) is 2. The Kier molecular flexibility index (Phi) is 7.26. The van der Waals surface area contributed by atoms with Gasteiger partial charge in [0.2, 0.25) is 0 Å². The van der Waals surface area contributed by atoms with E-state index in [1.165, 1.54) is 14.2 Å². The van der Waals surface area contributed by atoms with Gasteiger partial charge in [0.25, 0.3) is 0 Å². The van der Waals surface area contributed by atoms with Gasteiger partial charge >= 0.3 is 11.9 Å². The van der Waals surface area contributed by atoms with E-state index in [1.807, 2.05) is 79.0 Å². The number of hydrogen-bond donors (Lipinski definition) is 2. The molecule has 0 saturated carbocycles. The van der Waals surface area contributed by atoms with Gasteiger partial charge in [-0.15, -0.1) is 0 Å². The van der Waals surface area contributed by atoms with Gasteiger partial charge in [0.15, 0.2) is 0 Å². The molecule has 5 aliphatic heterocycles. The number of aromatic amines is 1. The number of aromatic nitrogens is 1. The number of methoxy groups -OCH3 is 2. The molecule has 212 valence electrons. The van der Waals surface area contributed by atoms with E-state index in [9.17, 15) is 9.59 Å². The standard InChI is InChI=1S/C32H30N6O4/c1-38-17-16-33-32(38)31-27-12-10-25(36-27)21(6-14-29(39)41-2)23-8-4-19(34-23)18-20-5-9-24(35-20)22(7-15-30(40)42-3)26-11-13-28(31)37-26/h4-5,8-13,16-18,33-34H,6-7,14-15H2,1-3H3/b20-18?,25-21?,26-22?,32-31+. The zero-order chi connectivity index (χ0) is 29.2. The van der Waals surface area contributed by atoms with Crippen LogP contribution in [0.3, 0.4) is 0 Å². The number of carbonyl (C=O) groups excluding carboxylic acids is 2. The van der Waals surface area contributed by atoms with Crippen molar-refractivity contribution < 1.29 is 19.1 Å². The van der Waals surface area contributed by atoms with E-state index in [2.05, 4.69) is 10.3 Å². The Morgan fingerprint density at radius 1 is 0.810 bits per heavy atom. The second kappa shape index (κ2) is 11.3. The van der Waals surface area contributed by atoms with Crippen LogP contribution in [-0.4, -0.2) is 60.2 Å². The van der Waals surface area contributed by atoms with Gasteiger partial charge in [-0.1, -0.05) is 0 Å². The van der Waals surface area contributed by atoms with Gasteiger partial charge < -0.3 is 24.7 Å². The van der Waals surface area contributed by atoms with Crippen molar-refractivity contribution in [3.8, 4) is 0 Å². The summed E-state index contributed by atoms with van der Waals surface area (Å²) in [6.07, 6.45) is 18.8. The van der Waals surface area contributed by atoms with E-state index in [-0.39, 0.29) is 24.8 Å². The summed E-state index contributed by atoms with van der Waals surface area (Å²) in [7, 11) is 4.74. The van der Waals surface area contributed by atoms with Crippen LogP contribution in [0.15, 0.2) is 110 Å². The highest BCUT2D eigenvalue weighted by molar-refractivity contribution is 6.34. The fourth-order valence-electron chi connectivity index (χ4n) is 5.27. The molecule has 10 nitrogen and oxygen atoms in total. The lowest BCUT2D eigenvalue weighted by molar-refractivity contribution is -0.141. The van der Waals surface area contributed by atoms with Crippen molar-refractivity contribution in [2.24, 2.45) is 15.0 Å². The Morgan fingerprint density at radius 2 is 1.45 bits per heavy atom. The third-order valence-electron chi connectivity index (χ3n) is 7.44. The zero-order valence-electron chi connectivity index (χ0n) is 23.6. The average molecular weight is 563 g/mol. The third kappa shape index (κ3) is 5.26. The number of aliphatic imine (C=N–C) groups is 3. The van der Waals surface area contributed by atoms with Gasteiger partial charge in [0.1, 0.15) is 5.82 Å². The summed E-state index contributed by atoms with van der Waals surface area (Å²) < 4.78 is 9.83. The van der Waals surface area contributed by atoms with Crippen molar-refractivity contribution in [3.05, 3.63) is 106 Å². The molecular weight excluding hydrogens is 532 g/mol. The molecule has 5 aliphatic rings. The van der Waals surface area contributed by atoms with E-state index < -0.39 is 0 Å². The van der Waals surface area contributed by atoms with Crippen molar-refractivity contribution >= 4 is 40.7 Å². The SMILES string of the molecule is COC(=O)CCC1=C2C=CC(=N2)/C(=C2\NC=CN2C)C2=NC(=C(CCC(=O)OC)c3ccc([nH]3)C=C3C=CC1=N3)C=C2. The van der Waals surface area contributed by atoms with Gasteiger partial charge in [-0.2, -0.15) is 0 Å². The van der Waals surface area contributed by atoms with Crippen LogP contribution < -0.4 is 5.32 Å². The molecule has 1 aromatic rings. The summed E-state index contributed by atoms with van der Waals surface area (Å²) in [6, 6.07) is 3.97. The molecule has 2 N–H and O–H groups in total. The fourth-order valence-corrected chi connectivity index (χ4v) is 5.27. The van der Waals surface area contributed by atoms with Crippen LogP contribution in [0.5, 0.6) is 0 Å².